The van der Waals surface area contributed by atoms with E-state index >= 15 is 0 Å². The van der Waals surface area contributed by atoms with E-state index in [1.165, 1.54) is 0 Å². The van der Waals surface area contributed by atoms with E-state index in [0.29, 0.717) is 18.9 Å². The van der Waals surface area contributed by atoms with Gasteiger partial charge in [0.05, 0.1) is 5.92 Å². The highest BCUT2D eigenvalue weighted by molar-refractivity contribution is 5.89. The molecule has 4 heteroatoms. The fourth-order valence-electron chi connectivity index (χ4n) is 2.11. The Bertz CT molecular complexity index is 313. The van der Waals surface area contributed by atoms with Gasteiger partial charge >= 0.3 is 0 Å². The van der Waals surface area contributed by atoms with Crippen molar-refractivity contribution in [1.82, 2.24) is 9.80 Å². The summed E-state index contributed by atoms with van der Waals surface area (Å²) in [7, 11) is 1.81. The highest BCUT2D eigenvalue weighted by Gasteiger charge is 2.35. The Labute approximate surface area is 110 Å². The van der Waals surface area contributed by atoms with E-state index < -0.39 is 0 Å². The van der Waals surface area contributed by atoms with Crippen molar-refractivity contribution in [2.75, 3.05) is 20.1 Å². The monoisotopic (exact) mass is 254 g/mol. The predicted molar refractivity (Wildman–Crippen MR) is 72.0 cm³/mol. The lowest BCUT2D eigenvalue weighted by molar-refractivity contribution is -0.136. The van der Waals surface area contributed by atoms with Gasteiger partial charge in [0.1, 0.15) is 0 Å². The number of carbonyl (C=O) groups excluding carboxylic acids is 2. The van der Waals surface area contributed by atoms with Crippen molar-refractivity contribution >= 4 is 11.8 Å². The molecule has 1 fully saturated rings. The second-order valence-electron chi connectivity index (χ2n) is 5.97. The molecule has 1 unspecified atom stereocenters. The maximum Gasteiger partial charge on any atom is 0.227 e. The van der Waals surface area contributed by atoms with Crippen LogP contribution in [0.4, 0.5) is 0 Å². The molecule has 0 radical (unpaired) electrons. The number of hydrogen-bond acceptors (Lipinski definition) is 2. The van der Waals surface area contributed by atoms with E-state index in [2.05, 4.69) is 13.8 Å². The maximum absolute atomic E-state index is 12.2. The minimum absolute atomic E-state index is 0.102. The van der Waals surface area contributed by atoms with Crippen LogP contribution in [0.3, 0.4) is 0 Å². The van der Waals surface area contributed by atoms with E-state index in [9.17, 15) is 9.59 Å². The van der Waals surface area contributed by atoms with Crippen molar-refractivity contribution in [3.63, 3.8) is 0 Å². The van der Waals surface area contributed by atoms with Gasteiger partial charge in [0.2, 0.25) is 11.8 Å². The lowest BCUT2D eigenvalue weighted by Gasteiger charge is -2.24. The van der Waals surface area contributed by atoms with Gasteiger partial charge in [0.15, 0.2) is 0 Å². The van der Waals surface area contributed by atoms with Crippen LogP contribution in [0.1, 0.15) is 40.5 Å². The summed E-state index contributed by atoms with van der Waals surface area (Å²) in [4.78, 5) is 27.6. The first-order chi connectivity index (χ1) is 8.32. The molecule has 0 saturated carbocycles. The number of nitrogens with zero attached hydrogens (tertiary/aromatic N) is 2. The molecule has 1 heterocycles. The Morgan fingerprint density at radius 2 is 2.00 bits per heavy atom. The van der Waals surface area contributed by atoms with Gasteiger partial charge < -0.3 is 9.80 Å². The van der Waals surface area contributed by atoms with Crippen molar-refractivity contribution < 1.29 is 9.59 Å². The topological polar surface area (TPSA) is 40.6 Å². The highest BCUT2D eigenvalue weighted by Crippen LogP contribution is 2.21. The summed E-state index contributed by atoms with van der Waals surface area (Å²) in [6.45, 7) is 9.66. The Kier molecular flexibility index (Phi) is 5.17. The van der Waals surface area contributed by atoms with Crippen molar-refractivity contribution in [2.24, 2.45) is 11.8 Å². The predicted octanol–water partition coefficient (Wildman–Crippen LogP) is 1.75. The number of likely N-dealkylation sites (tertiary alicyclic amines) is 1. The van der Waals surface area contributed by atoms with Gasteiger partial charge in [0, 0.05) is 32.6 Å². The van der Waals surface area contributed by atoms with Crippen LogP contribution in [-0.2, 0) is 9.59 Å². The molecule has 1 aliphatic heterocycles. The Hall–Kier alpha value is -1.06. The Balaban J connectivity index is 2.53. The summed E-state index contributed by atoms with van der Waals surface area (Å²) in [6, 6.07) is 0.192. The zero-order chi connectivity index (χ0) is 13.9. The van der Waals surface area contributed by atoms with E-state index in [1.54, 1.807) is 4.90 Å². The molecule has 0 bridgehead atoms. The summed E-state index contributed by atoms with van der Waals surface area (Å²) in [6.07, 6.45) is 1.39. The first-order valence-corrected chi connectivity index (χ1v) is 6.87. The third-order valence-corrected chi connectivity index (χ3v) is 3.66. The first-order valence-electron chi connectivity index (χ1n) is 6.87. The van der Waals surface area contributed by atoms with E-state index in [0.717, 1.165) is 13.0 Å². The normalized spacial score (nSPS) is 20.1. The average Bonchev–Trinajstić information content (AvgIpc) is 2.66. The van der Waals surface area contributed by atoms with Crippen LogP contribution in [0.2, 0.25) is 0 Å². The maximum atomic E-state index is 12.2. The average molecular weight is 254 g/mol. The molecule has 18 heavy (non-hydrogen) atoms. The van der Waals surface area contributed by atoms with Gasteiger partial charge in [-0.3, -0.25) is 9.59 Å². The lowest BCUT2D eigenvalue weighted by Crippen LogP contribution is -2.38. The molecule has 0 aromatic carbocycles. The summed E-state index contributed by atoms with van der Waals surface area (Å²) < 4.78 is 0. The zero-order valence-corrected chi connectivity index (χ0v) is 12.3. The molecular formula is C14H26N2O2. The third-order valence-electron chi connectivity index (χ3n) is 3.66. The lowest BCUT2D eigenvalue weighted by atomic mass is 10.1. The van der Waals surface area contributed by atoms with Crippen LogP contribution in [-0.4, -0.2) is 47.8 Å². The standard InChI is InChI=1S/C14H26N2O2/c1-10(2)6-7-16-9-12(8-13(16)17)14(18)15(5)11(3)4/h10-12H,6-9H2,1-5H3. The van der Waals surface area contributed by atoms with Crippen LogP contribution in [0.25, 0.3) is 0 Å². The number of rotatable bonds is 5. The molecule has 1 rings (SSSR count). The van der Waals surface area contributed by atoms with Crippen molar-refractivity contribution in [2.45, 2.75) is 46.6 Å². The summed E-state index contributed by atoms with van der Waals surface area (Å²) in [5, 5.41) is 0. The molecule has 104 valence electrons. The number of amides is 2. The first kappa shape index (κ1) is 15.0. The Morgan fingerprint density at radius 1 is 1.39 bits per heavy atom. The number of carbonyl (C=O) groups is 2. The second kappa shape index (κ2) is 6.21. The molecule has 1 saturated heterocycles. The Morgan fingerprint density at radius 3 is 2.50 bits per heavy atom. The quantitative estimate of drug-likeness (QED) is 0.750. The molecule has 2 amide bonds. The van der Waals surface area contributed by atoms with Crippen LogP contribution >= 0.6 is 0 Å². The van der Waals surface area contributed by atoms with Gasteiger partial charge in [-0.25, -0.2) is 0 Å². The fraction of sp³-hybridized carbons (Fsp3) is 0.857. The van der Waals surface area contributed by atoms with Gasteiger partial charge in [0.25, 0.3) is 0 Å². The third kappa shape index (κ3) is 3.72. The van der Waals surface area contributed by atoms with Crippen molar-refractivity contribution in [1.29, 1.82) is 0 Å². The highest BCUT2D eigenvalue weighted by atomic mass is 16.2. The molecule has 0 aromatic rings. The molecular weight excluding hydrogens is 228 g/mol. The molecule has 0 aromatic heterocycles. The van der Waals surface area contributed by atoms with Crippen molar-refractivity contribution in [3.8, 4) is 0 Å². The molecule has 1 aliphatic rings. The van der Waals surface area contributed by atoms with Gasteiger partial charge in [-0.1, -0.05) is 13.8 Å². The van der Waals surface area contributed by atoms with Crippen LogP contribution in [0.5, 0.6) is 0 Å². The largest absolute Gasteiger partial charge is 0.343 e. The minimum atomic E-state index is -0.142. The zero-order valence-electron chi connectivity index (χ0n) is 12.3. The second-order valence-corrected chi connectivity index (χ2v) is 5.97. The summed E-state index contributed by atoms with van der Waals surface area (Å²) in [5.41, 5.74) is 0. The molecule has 1 atom stereocenters. The summed E-state index contributed by atoms with van der Waals surface area (Å²) in [5.74, 6) is 0.680. The van der Waals surface area contributed by atoms with Gasteiger partial charge in [-0.2, -0.15) is 0 Å². The van der Waals surface area contributed by atoms with Crippen LogP contribution < -0.4 is 0 Å². The van der Waals surface area contributed by atoms with Gasteiger partial charge in [-0.15, -0.1) is 0 Å². The van der Waals surface area contributed by atoms with Crippen molar-refractivity contribution in [3.05, 3.63) is 0 Å². The van der Waals surface area contributed by atoms with E-state index in [1.807, 2.05) is 25.8 Å². The van der Waals surface area contributed by atoms with Crippen LogP contribution in [0, 0.1) is 11.8 Å². The SMILES string of the molecule is CC(C)CCN1CC(C(=O)N(C)C(C)C)CC1=O. The van der Waals surface area contributed by atoms with Gasteiger partial charge in [-0.05, 0) is 26.2 Å². The molecule has 0 spiro atoms. The molecule has 0 aliphatic carbocycles. The van der Waals surface area contributed by atoms with E-state index in [-0.39, 0.29) is 23.8 Å². The van der Waals surface area contributed by atoms with E-state index in [4.69, 9.17) is 0 Å². The molecule has 4 nitrogen and oxygen atoms in total. The number of hydrogen-bond donors (Lipinski definition) is 0. The fourth-order valence-corrected chi connectivity index (χ4v) is 2.11. The molecule has 0 N–H and O–H groups in total. The summed E-state index contributed by atoms with van der Waals surface area (Å²) >= 11 is 0. The smallest absolute Gasteiger partial charge is 0.227 e. The van der Waals surface area contributed by atoms with Crippen LogP contribution in [0.15, 0.2) is 0 Å². The minimum Gasteiger partial charge on any atom is -0.343 e.